The number of nitrogens with one attached hydrogen (secondary N) is 1. The van der Waals surface area contributed by atoms with Gasteiger partial charge in [-0.2, -0.15) is 0 Å². The van der Waals surface area contributed by atoms with Gasteiger partial charge >= 0.3 is 0 Å². The summed E-state index contributed by atoms with van der Waals surface area (Å²) in [6.07, 6.45) is 4.52. The normalized spacial score (nSPS) is 20.3. The lowest BCUT2D eigenvalue weighted by Crippen LogP contribution is -2.56. The van der Waals surface area contributed by atoms with Crippen LogP contribution >= 0.6 is 0 Å². The van der Waals surface area contributed by atoms with Crippen LogP contribution in [0.4, 0.5) is 0 Å². The third-order valence-corrected chi connectivity index (χ3v) is 4.23. The first-order valence-corrected chi connectivity index (χ1v) is 7.72. The van der Waals surface area contributed by atoms with Gasteiger partial charge < -0.3 is 16.0 Å². The summed E-state index contributed by atoms with van der Waals surface area (Å²) >= 11 is 0. The Bertz CT molecular complexity index is 291. The van der Waals surface area contributed by atoms with E-state index >= 15 is 0 Å². The number of nitrogens with zero attached hydrogens (tertiary/aromatic N) is 1. The van der Waals surface area contributed by atoms with Gasteiger partial charge in [0.05, 0.1) is 5.54 Å². The summed E-state index contributed by atoms with van der Waals surface area (Å²) in [5, 5.41) is 3.32. The molecule has 1 aliphatic rings. The molecule has 0 aromatic rings. The Kier molecular flexibility index (Phi) is 6.27. The number of hydrogen-bond donors (Lipinski definition) is 2. The maximum absolute atomic E-state index is 11.7. The number of amides is 1. The lowest BCUT2D eigenvalue weighted by molar-refractivity contribution is -0.124. The fraction of sp³-hybridized carbons (Fsp3) is 0.933. The van der Waals surface area contributed by atoms with E-state index in [2.05, 4.69) is 31.0 Å². The lowest BCUT2D eigenvalue weighted by atomic mass is 9.91. The van der Waals surface area contributed by atoms with Gasteiger partial charge in [-0.15, -0.1) is 0 Å². The summed E-state index contributed by atoms with van der Waals surface area (Å²) in [5.74, 6) is 0.640. The first-order chi connectivity index (χ1) is 8.92. The molecule has 0 aromatic heterocycles. The summed E-state index contributed by atoms with van der Waals surface area (Å²) in [6.45, 7) is 11.5. The second-order valence-corrected chi connectivity index (χ2v) is 6.21. The minimum atomic E-state index is -0.591. The second-order valence-electron chi connectivity index (χ2n) is 6.21. The minimum absolute atomic E-state index is 0.240. The van der Waals surface area contributed by atoms with Gasteiger partial charge in [0.1, 0.15) is 0 Å². The van der Waals surface area contributed by atoms with E-state index < -0.39 is 5.54 Å². The Hall–Kier alpha value is -0.610. The highest BCUT2D eigenvalue weighted by atomic mass is 16.1. The Morgan fingerprint density at radius 1 is 1.47 bits per heavy atom. The maximum Gasteiger partial charge on any atom is 0.237 e. The monoisotopic (exact) mass is 269 g/mol. The molecule has 1 fully saturated rings. The SMILES string of the molecule is CCCNC(C)(CC(C)N(CC)CC1CC1)C(N)=O. The largest absolute Gasteiger partial charge is 0.368 e. The molecule has 1 rings (SSSR count). The van der Waals surface area contributed by atoms with Crippen LogP contribution in [-0.2, 0) is 4.79 Å². The first-order valence-electron chi connectivity index (χ1n) is 7.72. The Morgan fingerprint density at radius 2 is 2.11 bits per heavy atom. The summed E-state index contributed by atoms with van der Waals surface area (Å²) in [7, 11) is 0. The highest BCUT2D eigenvalue weighted by Crippen LogP contribution is 2.31. The predicted octanol–water partition coefficient (Wildman–Crippen LogP) is 1.74. The molecule has 19 heavy (non-hydrogen) atoms. The van der Waals surface area contributed by atoms with E-state index in [1.807, 2.05) is 6.92 Å². The number of carbonyl (C=O) groups excluding carboxylic acids is 1. The molecule has 0 saturated heterocycles. The number of rotatable bonds is 10. The van der Waals surface area contributed by atoms with Crippen molar-refractivity contribution in [1.29, 1.82) is 0 Å². The van der Waals surface area contributed by atoms with Crippen LogP contribution in [0.15, 0.2) is 0 Å². The van der Waals surface area contributed by atoms with Gasteiger partial charge in [-0.3, -0.25) is 4.79 Å². The van der Waals surface area contributed by atoms with Gasteiger partial charge in [-0.05, 0) is 58.5 Å². The zero-order valence-electron chi connectivity index (χ0n) is 13.0. The summed E-state index contributed by atoms with van der Waals surface area (Å²) in [6, 6.07) is 0.382. The maximum atomic E-state index is 11.7. The second kappa shape index (κ2) is 7.25. The number of nitrogens with two attached hydrogens (primary N) is 1. The Morgan fingerprint density at radius 3 is 2.53 bits per heavy atom. The summed E-state index contributed by atoms with van der Waals surface area (Å²) < 4.78 is 0. The average molecular weight is 269 g/mol. The quantitative estimate of drug-likeness (QED) is 0.635. The van der Waals surface area contributed by atoms with Gasteiger partial charge in [0, 0.05) is 12.6 Å². The van der Waals surface area contributed by atoms with E-state index in [0.717, 1.165) is 31.8 Å². The topological polar surface area (TPSA) is 58.4 Å². The molecule has 4 heteroatoms. The molecule has 0 radical (unpaired) electrons. The molecule has 4 nitrogen and oxygen atoms in total. The number of hydrogen-bond acceptors (Lipinski definition) is 3. The zero-order valence-corrected chi connectivity index (χ0v) is 13.0. The molecule has 0 spiro atoms. The van der Waals surface area contributed by atoms with Crippen LogP contribution in [0.1, 0.15) is 53.4 Å². The number of primary amides is 1. The van der Waals surface area contributed by atoms with Crippen molar-refractivity contribution in [1.82, 2.24) is 10.2 Å². The Labute approximate surface area is 118 Å². The molecule has 1 saturated carbocycles. The minimum Gasteiger partial charge on any atom is -0.368 e. The molecule has 1 aliphatic carbocycles. The van der Waals surface area contributed by atoms with Gasteiger partial charge in [0.15, 0.2) is 0 Å². The lowest BCUT2D eigenvalue weighted by Gasteiger charge is -2.35. The van der Waals surface area contributed by atoms with Crippen molar-refractivity contribution in [3.63, 3.8) is 0 Å². The fourth-order valence-electron chi connectivity index (χ4n) is 2.63. The van der Waals surface area contributed by atoms with Crippen molar-refractivity contribution < 1.29 is 4.79 Å². The average Bonchev–Trinajstić information content (AvgIpc) is 3.17. The van der Waals surface area contributed by atoms with Crippen molar-refractivity contribution in [2.75, 3.05) is 19.6 Å². The summed E-state index contributed by atoms with van der Waals surface area (Å²) in [5.41, 5.74) is 5.00. The smallest absolute Gasteiger partial charge is 0.237 e. The highest BCUT2D eigenvalue weighted by Gasteiger charge is 2.34. The van der Waals surface area contributed by atoms with Gasteiger partial charge in [0.2, 0.25) is 5.91 Å². The molecule has 0 heterocycles. The number of carbonyl (C=O) groups is 1. The highest BCUT2D eigenvalue weighted by molar-refractivity contribution is 5.84. The van der Waals surface area contributed by atoms with E-state index in [4.69, 9.17) is 5.73 Å². The van der Waals surface area contributed by atoms with Crippen LogP contribution in [-0.4, -0.2) is 42.0 Å². The first kappa shape index (κ1) is 16.4. The molecule has 0 bridgehead atoms. The Balaban J connectivity index is 2.57. The van der Waals surface area contributed by atoms with Crippen molar-refractivity contribution in [2.24, 2.45) is 11.7 Å². The standard InChI is InChI=1S/C15H31N3O/c1-5-9-17-15(4,14(16)19)10-12(3)18(6-2)11-13-7-8-13/h12-13,17H,5-11H2,1-4H3,(H2,16,19). The van der Waals surface area contributed by atoms with E-state index in [0.29, 0.717) is 6.04 Å². The van der Waals surface area contributed by atoms with Gasteiger partial charge in [-0.25, -0.2) is 0 Å². The van der Waals surface area contributed by atoms with E-state index in [-0.39, 0.29) is 5.91 Å². The molecule has 1 amide bonds. The van der Waals surface area contributed by atoms with Gasteiger partial charge in [0.25, 0.3) is 0 Å². The fourth-order valence-corrected chi connectivity index (χ4v) is 2.63. The van der Waals surface area contributed by atoms with Crippen molar-refractivity contribution in [2.45, 2.75) is 65.0 Å². The van der Waals surface area contributed by atoms with Crippen molar-refractivity contribution in [3.8, 4) is 0 Å². The molecule has 0 aromatic carbocycles. The van der Waals surface area contributed by atoms with Crippen LogP contribution in [0.5, 0.6) is 0 Å². The molecule has 2 unspecified atom stereocenters. The van der Waals surface area contributed by atoms with Crippen molar-refractivity contribution in [3.05, 3.63) is 0 Å². The molecular formula is C15H31N3O. The molecular weight excluding hydrogens is 238 g/mol. The molecule has 0 aliphatic heterocycles. The van der Waals surface area contributed by atoms with Crippen LogP contribution in [0.2, 0.25) is 0 Å². The van der Waals surface area contributed by atoms with Crippen LogP contribution in [0.3, 0.4) is 0 Å². The third-order valence-electron chi connectivity index (χ3n) is 4.23. The molecule has 2 atom stereocenters. The molecule has 112 valence electrons. The predicted molar refractivity (Wildman–Crippen MR) is 79.9 cm³/mol. The molecule has 3 N–H and O–H groups in total. The van der Waals surface area contributed by atoms with Crippen molar-refractivity contribution >= 4 is 5.91 Å². The van der Waals surface area contributed by atoms with Crippen LogP contribution in [0, 0.1) is 5.92 Å². The summed E-state index contributed by atoms with van der Waals surface area (Å²) in [4.78, 5) is 14.2. The van der Waals surface area contributed by atoms with Gasteiger partial charge in [-0.1, -0.05) is 13.8 Å². The van der Waals surface area contributed by atoms with E-state index in [1.165, 1.54) is 19.4 Å². The zero-order chi connectivity index (χ0) is 14.5. The van der Waals surface area contributed by atoms with Crippen LogP contribution in [0.25, 0.3) is 0 Å². The van der Waals surface area contributed by atoms with E-state index in [1.54, 1.807) is 0 Å². The third kappa shape index (κ3) is 5.11. The van der Waals surface area contributed by atoms with E-state index in [9.17, 15) is 4.79 Å². The van der Waals surface area contributed by atoms with Crippen LogP contribution < -0.4 is 11.1 Å².